The number of carbonyl (C=O) groups is 1. The lowest BCUT2D eigenvalue weighted by molar-refractivity contribution is -0.117. The third-order valence-electron chi connectivity index (χ3n) is 3.24. The minimum atomic E-state index is -0.549. The van der Waals surface area contributed by atoms with Crippen molar-refractivity contribution in [3.63, 3.8) is 0 Å². The highest BCUT2D eigenvalue weighted by Gasteiger charge is 2.19. The van der Waals surface area contributed by atoms with Gasteiger partial charge in [0, 0.05) is 16.1 Å². The summed E-state index contributed by atoms with van der Waals surface area (Å²) in [4.78, 5) is 12.1. The fraction of sp³-hybridized carbons (Fsp3) is 0.105. The fourth-order valence-electron chi connectivity index (χ4n) is 2.17. The number of carbonyl (C=O) groups excluding carboxylic acids is 1. The lowest BCUT2D eigenvalue weighted by Gasteiger charge is -2.19. The average Bonchev–Trinajstić information content (AvgIpc) is 2.54. The zero-order valence-electron chi connectivity index (χ0n) is 12.7. The summed E-state index contributed by atoms with van der Waals surface area (Å²) in [7, 11) is 0. The normalized spacial score (nSPS) is 12.7. The van der Waals surface area contributed by atoms with Gasteiger partial charge < -0.3 is 5.32 Å². The van der Waals surface area contributed by atoms with Crippen molar-refractivity contribution in [2.75, 3.05) is 0 Å². The molecule has 1 atom stereocenters. The highest BCUT2D eigenvalue weighted by atomic mass is 79.9. The van der Waals surface area contributed by atoms with E-state index in [0.29, 0.717) is 10.0 Å². The van der Waals surface area contributed by atoms with Crippen LogP contribution in [0.1, 0.15) is 24.1 Å². The van der Waals surface area contributed by atoms with Crippen LogP contribution >= 0.6 is 15.9 Å². The summed E-state index contributed by atoms with van der Waals surface area (Å²) in [5.74, 6) is -0.648. The fourth-order valence-corrected chi connectivity index (χ4v) is 2.50. The molecule has 118 valence electrons. The molecule has 0 saturated carbocycles. The topological polar surface area (TPSA) is 29.1 Å². The predicted molar refractivity (Wildman–Crippen MR) is 94.5 cm³/mol. The molecule has 2 aromatic rings. The molecule has 0 aromatic heterocycles. The smallest absolute Gasteiger partial charge is 0.244 e. The SMILES string of the molecule is C/C=C/C=C/C(=O)NC(c1ccccc1)c1ccc(Br)cc1F. The van der Waals surface area contributed by atoms with Crippen LogP contribution in [-0.2, 0) is 4.79 Å². The third-order valence-corrected chi connectivity index (χ3v) is 3.74. The van der Waals surface area contributed by atoms with Crippen molar-refractivity contribution >= 4 is 21.8 Å². The van der Waals surface area contributed by atoms with Crippen LogP contribution in [0.2, 0.25) is 0 Å². The van der Waals surface area contributed by atoms with Gasteiger partial charge in [0.15, 0.2) is 0 Å². The highest BCUT2D eigenvalue weighted by Crippen LogP contribution is 2.26. The Bertz CT molecular complexity index is 725. The monoisotopic (exact) mass is 373 g/mol. The second kappa shape index (κ2) is 8.44. The lowest BCUT2D eigenvalue weighted by Crippen LogP contribution is -2.28. The van der Waals surface area contributed by atoms with Gasteiger partial charge in [0.2, 0.25) is 5.91 Å². The molecule has 0 heterocycles. The second-order valence-corrected chi connectivity index (χ2v) is 5.82. The minimum Gasteiger partial charge on any atom is -0.342 e. The zero-order valence-corrected chi connectivity index (χ0v) is 14.3. The van der Waals surface area contributed by atoms with Crippen LogP contribution < -0.4 is 5.32 Å². The van der Waals surface area contributed by atoms with Crippen LogP contribution in [0.25, 0.3) is 0 Å². The van der Waals surface area contributed by atoms with Crippen LogP contribution in [0, 0.1) is 5.82 Å². The molecule has 0 spiro atoms. The van der Waals surface area contributed by atoms with E-state index in [2.05, 4.69) is 21.2 Å². The van der Waals surface area contributed by atoms with E-state index in [-0.39, 0.29) is 11.7 Å². The van der Waals surface area contributed by atoms with E-state index < -0.39 is 6.04 Å². The number of halogens is 2. The third kappa shape index (κ3) is 4.89. The Morgan fingerprint density at radius 1 is 1.17 bits per heavy atom. The van der Waals surface area contributed by atoms with E-state index in [4.69, 9.17) is 0 Å². The van der Waals surface area contributed by atoms with Crippen LogP contribution in [0.15, 0.2) is 77.3 Å². The molecule has 2 rings (SSSR count). The lowest BCUT2D eigenvalue weighted by atomic mass is 9.98. The molecule has 0 aliphatic heterocycles. The van der Waals surface area contributed by atoms with Crippen LogP contribution in [0.3, 0.4) is 0 Å². The van der Waals surface area contributed by atoms with Gasteiger partial charge in [-0.2, -0.15) is 0 Å². The molecular formula is C19H17BrFNO. The molecule has 2 aromatic carbocycles. The summed E-state index contributed by atoms with van der Waals surface area (Å²) < 4.78 is 15.0. The summed E-state index contributed by atoms with van der Waals surface area (Å²) in [5, 5.41) is 2.85. The molecule has 0 radical (unpaired) electrons. The minimum absolute atomic E-state index is 0.278. The zero-order chi connectivity index (χ0) is 16.7. The summed E-state index contributed by atoms with van der Waals surface area (Å²) >= 11 is 3.25. The van der Waals surface area contributed by atoms with Crippen LogP contribution in [0.5, 0.6) is 0 Å². The van der Waals surface area contributed by atoms with Gasteiger partial charge in [0.1, 0.15) is 5.82 Å². The standard InChI is InChI=1S/C19H17BrFNO/c1-2-3-5-10-18(23)22-19(14-8-6-4-7-9-14)16-12-11-15(20)13-17(16)21/h2-13,19H,1H3,(H,22,23)/b3-2+,10-5+. The van der Waals surface area contributed by atoms with Gasteiger partial charge in [0.25, 0.3) is 0 Å². The molecule has 23 heavy (non-hydrogen) atoms. The van der Waals surface area contributed by atoms with E-state index in [1.54, 1.807) is 24.3 Å². The molecule has 2 nitrogen and oxygen atoms in total. The van der Waals surface area contributed by atoms with E-state index in [9.17, 15) is 9.18 Å². The van der Waals surface area contributed by atoms with Crippen molar-refractivity contribution in [1.29, 1.82) is 0 Å². The molecule has 0 saturated heterocycles. The first kappa shape index (κ1) is 17.2. The van der Waals surface area contributed by atoms with Crippen LogP contribution in [0.4, 0.5) is 4.39 Å². The first-order chi connectivity index (χ1) is 11.1. The van der Waals surface area contributed by atoms with Gasteiger partial charge in [-0.05, 0) is 24.6 Å². The Morgan fingerprint density at radius 3 is 2.57 bits per heavy atom. The molecule has 1 N–H and O–H groups in total. The van der Waals surface area contributed by atoms with Crippen molar-refractivity contribution < 1.29 is 9.18 Å². The Morgan fingerprint density at radius 2 is 1.91 bits per heavy atom. The number of hydrogen-bond acceptors (Lipinski definition) is 1. The number of allylic oxidation sites excluding steroid dienone is 3. The van der Waals surface area contributed by atoms with Gasteiger partial charge in [0.05, 0.1) is 6.04 Å². The Balaban J connectivity index is 2.35. The van der Waals surface area contributed by atoms with E-state index in [1.807, 2.05) is 43.3 Å². The number of benzene rings is 2. The number of nitrogens with one attached hydrogen (secondary N) is 1. The Labute approximate surface area is 143 Å². The second-order valence-electron chi connectivity index (χ2n) is 4.90. The van der Waals surface area contributed by atoms with Gasteiger partial charge in [-0.15, -0.1) is 0 Å². The quantitative estimate of drug-likeness (QED) is 0.584. The summed E-state index contributed by atoms with van der Waals surface area (Å²) in [6.45, 7) is 1.87. The summed E-state index contributed by atoms with van der Waals surface area (Å²) in [5.41, 5.74) is 1.24. The largest absolute Gasteiger partial charge is 0.342 e. The van der Waals surface area contributed by atoms with E-state index in [0.717, 1.165) is 5.56 Å². The van der Waals surface area contributed by atoms with Crippen molar-refractivity contribution in [2.24, 2.45) is 0 Å². The van der Waals surface area contributed by atoms with E-state index >= 15 is 0 Å². The van der Waals surface area contributed by atoms with Crippen molar-refractivity contribution in [1.82, 2.24) is 5.32 Å². The molecule has 0 aliphatic rings. The predicted octanol–water partition coefficient (Wildman–Crippen LogP) is 4.93. The van der Waals surface area contributed by atoms with Crippen molar-refractivity contribution in [3.05, 3.63) is 94.3 Å². The molecule has 0 bridgehead atoms. The molecule has 4 heteroatoms. The van der Waals surface area contributed by atoms with Crippen molar-refractivity contribution in [3.8, 4) is 0 Å². The molecular weight excluding hydrogens is 357 g/mol. The van der Waals surface area contributed by atoms with Gasteiger partial charge >= 0.3 is 0 Å². The summed E-state index contributed by atoms with van der Waals surface area (Å²) in [6, 6.07) is 13.6. The maximum absolute atomic E-state index is 14.3. The Kier molecular flexibility index (Phi) is 6.29. The van der Waals surface area contributed by atoms with Gasteiger partial charge in [-0.25, -0.2) is 4.39 Å². The van der Waals surface area contributed by atoms with Gasteiger partial charge in [-0.3, -0.25) is 4.79 Å². The van der Waals surface area contributed by atoms with Gasteiger partial charge in [-0.1, -0.05) is 70.6 Å². The molecule has 1 unspecified atom stereocenters. The van der Waals surface area contributed by atoms with E-state index in [1.165, 1.54) is 12.1 Å². The maximum atomic E-state index is 14.3. The van der Waals surface area contributed by atoms with Crippen LogP contribution in [-0.4, -0.2) is 5.91 Å². The maximum Gasteiger partial charge on any atom is 0.244 e. The number of amides is 1. The van der Waals surface area contributed by atoms with Crippen molar-refractivity contribution in [2.45, 2.75) is 13.0 Å². The first-order valence-electron chi connectivity index (χ1n) is 7.21. The molecule has 0 aliphatic carbocycles. The molecule has 0 fully saturated rings. The average molecular weight is 374 g/mol. The molecule has 1 amide bonds. The first-order valence-corrected chi connectivity index (χ1v) is 8.01. The summed E-state index contributed by atoms with van der Waals surface area (Å²) in [6.07, 6.45) is 6.66. The Hall–Kier alpha value is -2.20. The number of rotatable bonds is 5. The highest BCUT2D eigenvalue weighted by molar-refractivity contribution is 9.10. The number of hydrogen-bond donors (Lipinski definition) is 1.